The second-order valence-electron chi connectivity index (χ2n) is 9.45. The van der Waals surface area contributed by atoms with E-state index in [0.29, 0.717) is 35.5 Å². The fraction of sp³-hybridized carbons (Fsp3) is 0.481. The largest absolute Gasteiger partial charge is 0.493 e. The molecular formula is C27H33F4N3O4S. The highest BCUT2D eigenvalue weighted by Crippen LogP contribution is 2.29. The summed E-state index contributed by atoms with van der Waals surface area (Å²) in [7, 11) is 0. The van der Waals surface area contributed by atoms with Crippen LogP contribution in [0.2, 0.25) is 0 Å². The Balaban J connectivity index is 1.77. The summed E-state index contributed by atoms with van der Waals surface area (Å²) in [5.41, 5.74) is 0.0568. The van der Waals surface area contributed by atoms with Crippen LogP contribution in [0.5, 0.6) is 5.75 Å². The number of benzene rings is 2. The molecule has 2 amide bonds. The van der Waals surface area contributed by atoms with E-state index in [1.165, 1.54) is 24.3 Å². The molecule has 4 N–H and O–H groups in total. The first-order chi connectivity index (χ1) is 18.5. The molecular weight excluding hydrogens is 538 g/mol. The van der Waals surface area contributed by atoms with Crippen molar-refractivity contribution in [2.45, 2.75) is 63.0 Å². The zero-order valence-corrected chi connectivity index (χ0v) is 22.2. The monoisotopic (exact) mass is 571 g/mol. The Kier molecular flexibility index (Phi) is 11.4. The van der Waals surface area contributed by atoms with Crippen molar-refractivity contribution >= 4 is 24.4 Å². The fourth-order valence-corrected chi connectivity index (χ4v) is 4.51. The molecule has 2 aromatic carbocycles. The molecule has 0 aromatic heterocycles. The molecule has 214 valence electrons. The summed E-state index contributed by atoms with van der Waals surface area (Å²) in [6.07, 6.45) is -4.13. The number of ether oxygens (including phenoxy) is 1. The summed E-state index contributed by atoms with van der Waals surface area (Å²) in [4.78, 5) is 25.5. The van der Waals surface area contributed by atoms with Gasteiger partial charge < -0.3 is 25.8 Å². The van der Waals surface area contributed by atoms with Crippen molar-refractivity contribution in [3.8, 4) is 5.75 Å². The van der Waals surface area contributed by atoms with Crippen LogP contribution in [0.25, 0.3) is 0 Å². The number of aliphatic hydroxyl groups is 1. The SMILES string of the molecule is O=C1CCCCOc2cc(F)cc(c2)C[C@@H]([C@H](O)CNCc2cccc(C(F)(F)F)c2)NC(=O)C(CCS)N1. The third kappa shape index (κ3) is 10.0. The second-order valence-corrected chi connectivity index (χ2v) is 9.90. The van der Waals surface area contributed by atoms with E-state index in [1.54, 1.807) is 6.07 Å². The molecule has 1 unspecified atom stereocenters. The summed E-state index contributed by atoms with van der Waals surface area (Å²) in [6, 6.07) is 7.16. The third-order valence-corrected chi connectivity index (χ3v) is 6.51. The summed E-state index contributed by atoms with van der Waals surface area (Å²) in [6.45, 7) is 0.236. The van der Waals surface area contributed by atoms with E-state index in [1.807, 2.05) is 0 Å². The van der Waals surface area contributed by atoms with Crippen molar-refractivity contribution in [2.24, 2.45) is 0 Å². The second kappa shape index (κ2) is 14.5. The summed E-state index contributed by atoms with van der Waals surface area (Å²) >= 11 is 4.18. The van der Waals surface area contributed by atoms with Gasteiger partial charge in [-0.2, -0.15) is 25.8 Å². The van der Waals surface area contributed by atoms with Crippen molar-refractivity contribution in [2.75, 3.05) is 18.9 Å². The number of amides is 2. The molecule has 39 heavy (non-hydrogen) atoms. The molecule has 0 saturated carbocycles. The van der Waals surface area contributed by atoms with Gasteiger partial charge >= 0.3 is 6.18 Å². The molecule has 3 atom stereocenters. The third-order valence-electron chi connectivity index (χ3n) is 6.25. The number of fused-ring (bicyclic) bond motifs is 2. The first kappa shape index (κ1) is 30.7. The van der Waals surface area contributed by atoms with Crippen LogP contribution in [0.4, 0.5) is 17.6 Å². The van der Waals surface area contributed by atoms with E-state index in [-0.39, 0.29) is 44.9 Å². The number of carbonyl (C=O) groups excluding carboxylic acids is 2. The maximum atomic E-state index is 14.3. The molecule has 7 nitrogen and oxygen atoms in total. The van der Waals surface area contributed by atoms with E-state index in [0.717, 1.165) is 12.1 Å². The summed E-state index contributed by atoms with van der Waals surface area (Å²) < 4.78 is 59.0. The number of thiol groups is 1. The zero-order chi connectivity index (χ0) is 28.4. The van der Waals surface area contributed by atoms with Gasteiger partial charge in [0.2, 0.25) is 11.8 Å². The smallest absolute Gasteiger partial charge is 0.416 e. The number of alkyl halides is 3. The van der Waals surface area contributed by atoms with Crippen LogP contribution in [0.3, 0.4) is 0 Å². The first-order valence-electron chi connectivity index (χ1n) is 12.7. The lowest BCUT2D eigenvalue weighted by Crippen LogP contribution is -2.54. The van der Waals surface area contributed by atoms with E-state index >= 15 is 0 Å². The highest BCUT2D eigenvalue weighted by molar-refractivity contribution is 7.80. The van der Waals surface area contributed by atoms with Crippen LogP contribution in [0.15, 0.2) is 42.5 Å². The van der Waals surface area contributed by atoms with Gasteiger partial charge in [-0.05, 0) is 60.8 Å². The van der Waals surface area contributed by atoms with Crippen LogP contribution in [0.1, 0.15) is 42.4 Å². The lowest BCUT2D eigenvalue weighted by molar-refractivity contribution is -0.137. The van der Waals surface area contributed by atoms with Crippen LogP contribution < -0.4 is 20.7 Å². The van der Waals surface area contributed by atoms with Crippen molar-refractivity contribution in [1.29, 1.82) is 0 Å². The van der Waals surface area contributed by atoms with Gasteiger partial charge in [0.15, 0.2) is 0 Å². The van der Waals surface area contributed by atoms with Gasteiger partial charge in [0.1, 0.15) is 17.6 Å². The Labute approximate surface area is 230 Å². The molecule has 12 heteroatoms. The normalized spacial score (nSPS) is 20.2. The molecule has 3 rings (SSSR count). The molecule has 1 heterocycles. The van der Waals surface area contributed by atoms with Crippen molar-refractivity contribution in [3.05, 3.63) is 65.0 Å². The topological polar surface area (TPSA) is 99.7 Å². The Morgan fingerprint density at radius 1 is 1.13 bits per heavy atom. The van der Waals surface area contributed by atoms with Crippen LogP contribution in [0, 0.1) is 5.82 Å². The molecule has 0 saturated heterocycles. The van der Waals surface area contributed by atoms with Gasteiger partial charge in [0, 0.05) is 25.6 Å². The number of hydrogen-bond acceptors (Lipinski definition) is 6. The minimum Gasteiger partial charge on any atom is -0.493 e. The highest BCUT2D eigenvalue weighted by Gasteiger charge is 2.30. The minimum atomic E-state index is -4.48. The molecule has 1 aliphatic rings. The Morgan fingerprint density at radius 2 is 1.92 bits per heavy atom. The first-order valence-corrected chi connectivity index (χ1v) is 13.4. The molecule has 2 bridgehead atoms. The number of carbonyl (C=O) groups is 2. The Bertz CT molecular complexity index is 1120. The van der Waals surface area contributed by atoms with Gasteiger partial charge in [-0.3, -0.25) is 9.59 Å². The van der Waals surface area contributed by atoms with Gasteiger partial charge in [-0.15, -0.1) is 0 Å². The lowest BCUT2D eigenvalue weighted by atomic mass is 9.99. The molecule has 0 radical (unpaired) electrons. The molecule has 0 fully saturated rings. The van der Waals surface area contributed by atoms with E-state index in [4.69, 9.17) is 4.74 Å². The number of aliphatic hydroxyl groups excluding tert-OH is 1. The van der Waals surface area contributed by atoms with E-state index < -0.39 is 41.7 Å². The highest BCUT2D eigenvalue weighted by atomic mass is 32.1. The predicted molar refractivity (Wildman–Crippen MR) is 141 cm³/mol. The van der Waals surface area contributed by atoms with Gasteiger partial charge in [-0.1, -0.05) is 18.2 Å². The van der Waals surface area contributed by atoms with Crippen LogP contribution in [-0.4, -0.2) is 54.0 Å². The standard InChI is InChI=1S/C27H33F4N3O4S/c28-20-11-18-12-21(14-20)38-8-2-1-6-25(36)33-22(7-9-39)26(37)34-23(13-18)24(35)16-32-15-17-4-3-5-19(10-17)27(29,30)31/h3-5,10-12,14,22-24,32,35,39H,1-2,6-9,13,15-16H2,(H,33,36)(H,34,37)/t22?,23-,24+/m0/s1. The van der Waals surface area contributed by atoms with Gasteiger partial charge in [0.25, 0.3) is 0 Å². The average Bonchev–Trinajstić information content (AvgIpc) is 2.87. The molecule has 1 aliphatic heterocycles. The quantitative estimate of drug-likeness (QED) is 0.259. The number of hydrogen-bond donors (Lipinski definition) is 5. The lowest BCUT2D eigenvalue weighted by Gasteiger charge is -2.27. The number of rotatable bonds is 7. The predicted octanol–water partition coefficient (Wildman–Crippen LogP) is 3.39. The number of nitrogens with one attached hydrogen (secondary N) is 3. The summed E-state index contributed by atoms with van der Waals surface area (Å²) in [5.74, 6) is -0.760. The molecule has 2 aromatic rings. The van der Waals surface area contributed by atoms with Crippen LogP contribution >= 0.6 is 12.6 Å². The van der Waals surface area contributed by atoms with E-state index in [9.17, 15) is 32.3 Å². The van der Waals surface area contributed by atoms with Crippen molar-refractivity contribution in [1.82, 2.24) is 16.0 Å². The maximum absolute atomic E-state index is 14.3. The zero-order valence-electron chi connectivity index (χ0n) is 21.3. The molecule has 0 aliphatic carbocycles. The number of halogens is 4. The van der Waals surface area contributed by atoms with Gasteiger partial charge in [-0.25, -0.2) is 4.39 Å². The average molecular weight is 572 g/mol. The van der Waals surface area contributed by atoms with Crippen LogP contribution in [-0.2, 0) is 28.7 Å². The molecule has 0 spiro atoms. The maximum Gasteiger partial charge on any atom is 0.416 e. The van der Waals surface area contributed by atoms with E-state index in [2.05, 4.69) is 28.6 Å². The Hall–Kier alpha value is -2.83. The Morgan fingerprint density at radius 3 is 2.67 bits per heavy atom. The van der Waals surface area contributed by atoms with Crippen molar-refractivity contribution < 1.29 is 37.0 Å². The minimum absolute atomic E-state index is 0.0355. The summed E-state index contributed by atoms with van der Waals surface area (Å²) in [5, 5.41) is 19.4. The van der Waals surface area contributed by atoms with Crippen molar-refractivity contribution in [3.63, 3.8) is 0 Å². The van der Waals surface area contributed by atoms with Gasteiger partial charge in [0.05, 0.1) is 24.3 Å². The fourth-order valence-electron chi connectivity index (χ4n) is 4.25.